The van der Waals surface area contributed by atoms with Gasteiger partial charge in [0.05, 0.1) is 30.6 Å². The molecule has 1 saturated heterocycles. The quantitative estimate of drug-likeness (QED) is 0.300. The lowest BCUT2D eigenvalue weighted by Gasteiger charge is -2.26. The molecule has 0 aliphatic carbocycles. The lowest BCUT2D eigenvalue weighted by Crippen LogP contribution is -2.42. The second kappa shape index (κ2) is 11.3. The molecule has 1 fully saturated rings. The lowest BCUT2D eigenvalue weighted by atomic mass is 9.72. The van der Waals surface area contributed by atoms with Gasteiger partial charge in [-0.15, -0.1) is 0 Å². The van der Waals surface area contributed by atoms with Crippen molar-refractivity contribution in [3.63, 3.8) is 0 Å². The van der Waals surface area contributed by atoms with Gasteiger partial charge in [-0.05, 0) is 57.0 Å². The fourth-order valence-electron chi connectivity index (χ4n) is 4.22. The van der Waals surface area contributed by atoms with Crippen molar-refractivity contribution in [1.29, 1.82) is 0 Å². The highest BCUT2D eigenvalue weighted by Crippen LogP contribution is 2.37. The Balaban J connectivity index is 1.95. The first-order valence-electron chi connectivity index (χ1n) is 12.5. The van der Waals surface area contributed by atoms with Crippen LogP contribution in [0.25, 0.3) is 0 Å². The molecule has 1 N–H and O–H groups in total. The van der Waals surface area contributed by atoms with Gasteiger partial charge in [-0.1, -0.05) is 25.1 Å². The average molecular weight is 592 g/mol. The van der Waals surface area contributed by atoms with Gasteiger partial charge in [0.1, 0.15) is 5.82 Å². The number of nitrogens with one attached hydrogen (secondary N) is 1. The minimum Gasteiger partial charge on any atom is -0.465 e. The number of methoxy groups -OCH3 is 1. The first-order valence-corrected chi connectivity index (χ1v) is 13.9. The highest BCUT2D eigenvalue weighted by atomic mass is 32.2. The summed E-state index contributed by atoms with van der Waals surface area (Å²) in [6, 6.07) is 10.9. The van der Waals surface area contributed by atoms with Crippen molar-refractivity contribution in [1.82, 2.24) is 9.97 Å². The SMILES string of the molecule is CCc1cc(N(c2ncc(C)c(Nc3ccccc3)n2)S(=O)(=O)C(F)(F)F)cc(C(=O)OC)c1B1OCC(C)(C)O1. The molecule has 0 saturated carbocycles. The van der Waals surface area contributed by atoms with E-state index in [-0.39, 0.29) is 34.2 Å². The number of sulfonamides is 1. The molecule has 0 spiro atoms. The number of halogens is 3. The molecule has 2 aromatic carbocycles. The van der Waals surface area contributed by atoms with Crippen molar-refractivity contribution < 1.29 is 40.4 Å². The van der Waals surface area contributed by atoms with Crippen LogP contribution in [-0.2, 0) is 30.5 Å². The number of ether oxygens (including phenoxy) is 1. The fourth-order valence-corrected chi connectivity index (χ4v) is 5.11. The maximum Gasteiger partial charge on any atom is 0.517 e. The van der Waals surface area contributed by atoms with Crippen molar-refractivity contribution in [2.75, 3.05) is 23.3 Å². The third-order valence-corrected chi connectivity index (χ3v) is 7.67. The second-order valence-corrected chi connectivity index (χ2v) is 11.6. The fraction of sp³-hybridized carbons (Fsp3) is 0.346. The van der Waals surface area contributed by atoms with E-state index in [9.17, 15) is 26.4 Å². The number of anilines is 4. The Kier molecular flexibility index (Phi) is 8.34. The van der Waals surface area contributed by atoms with Gasteiger partial charge in [-0.2, -0.15) is 30.9 Å². The van der Waals surface area contributed by atoms with Crippen LogP contribution in [0.2, 0.25) is 0 Å². The van der Waals surface area contributed by atoms with E-state index in [0.29, 0.717) is 16.8 Å². The number of para-hydroxylation sites is 1. The molecule has 0 bridgehead atoms. The van der Waals surface area contributed by atoms with E-state index in [2.05, 4.69) is 15.3 Å². The minimum absolute atomic E-state index is 0.0295. The summed E-state index contributed by atoms with van der Waals surface area (Å²) in [4.78, 5) is 21.0. The molecule has 1 aliphatic heterocycles. The van der Waals surface area contributed by atoms with E-state index >= 15 is 0 Å². The van der Waals surface area contributed by atoms with E-state index in [1.807, 2.05) is 0 Å². The summed E-state index contributed by atoms with van der Waals surface area (Å²) in [5.41, 5.74) is -5.62. The van der Waals surface area contributed by atoms with Crippen molar-refractivity contribution in [3.8, 4) is 0 Å². The molecule has 1 aromatic heterocycles. The van der Waals surface area contributed by atoms with Crippen LogP contribution in [0, 0.1) is 6.92 Å². The molecular formula is C26H28BF3N4O6S. The summed E-state index contributed by atoms with van der Waals surface area (Å²) < 4.78 is 84.8. The monoisotopic (exact) mass is 592 g/mol. The maximum atomic E-state index is 14.1. The summed E-state index contributed by atoms with van der Waals surface area (Å²) in [7, 11) is -6.04. The molecule has 4 rings (SSSR count). The zero-order valence-electron chi connectivity index (χ0n) is 22.9. The minimum atomic E-state index is -6.11. The van der Waals surface area contributed by atoms with Gasteiger partial charge in [-0.25, -0.2) is 9.78 Å². The number of aromatic nitrogens is 2. The molecule has 0 radical (unpaired) electrons. The van der Waals surface area contributed by atoms with Crippen LogP contribution in [0.4, 0.5) is 36.3 Å². The van der Waals surface area contributed by atoms with Gasteiger partial charge in [0.15, 0.2) is 0 Å². The Labute approximate surface area is 236 Å². The molecule has 2 heterocycles. The Morgan fingerprint density at radius 3 is 2.46 bits per heavy atom. The molecule has 0 atom stereocenters. The molecule has 218 valence electrons. The summed E-state index contributed by atoms with van der Waals surface area (Å²) in [6.07, 6.45) is 1.39. The number of aryl methyl sites for hydroxylation is 2. The highest BCUT2D eigenvalue weighted by molar-refractivity contribution is 7.94. The van der Waals surface area contributed by atoms with Crippen LogP contribution in [0.3, 0.4) is 0 Å². The van der Waals surface area contributed by atoms with Crippen LogP contribution < -0.4 is 15.1 Å². The van der Waals surface area contributed by atoms with Gasteiger partial charge in [0.25, 0.3) is 0 Å². The van der Waals surface area contributed by atoms with Crippen LogP contribution in [0.5, 0.6) is 0 Å². The van der Waals surface area contributed by atoms with Gasteiger partial charge in [-0.3, -0.25) is 0 Å². The third-order valence-electron chi connectivity index (χ3n) is 6.23. The van der Waals surface area contributed by atoms with E-state index in [1.54, 1.807) is 58.0 Å². The first-order chi connectivity index (χ1) is 19.2. The Morgan fingerprint density at radius 2 is 1.90 bits per heavy atom. The lowest BCUT2D eigenvalue weighted by molar-refractivity contribution is -0.0436. The van der Waals surface area contributed by atoms with E-state index < -0.39 is 45.9 Å². The summed E-state index contributed by atoms with van der Waals surface area (Å²) >= 11 is 0. The van der Waals surface area contributed by atoms with Gasteiger partial charge >= 0.3 is 28.6 Å². The number of alkyl halides is 3. The summed E-state index contributed by atoms with van der Waals surface area (Å²) in [5.74, 6) is -1.63. The standard InChI is InChI=1S/C26H28BF3N4O6S/c1-6-17-12-19(13-20(23(35)38-5)21(17)27-39-15-25(3,4)40-27)34(41(36,37)26(28,29)30)24-31-14-16(2)22(33-24)32-18-10-8-7-9-11-18/h7-14H,6,15H2,1-5H3,(H,31,32,33). The van der Waals surface area contributed by atoms with Crippen LogP contribution in [0.1, 0.15) is 42.3 Å². The number of benzene rings is 2. The van der Waals surface area contributed by atoms with Gasteiger partial charge in [0.2, 0.25) is 5.95 Å². The number of carbonyl (C=O) groups is 1. The summed E-state index contributed by atoms with van der Waals surface area (Å²) in [6.45, 7) is 7.04. The highest BCUT2D eigenvalue weighted by Gasteiger charge is 2.52. The molecule has 0 amide bonds. The van der Waals surface area contributed by atoms with Crippen LogP contribution >= 0.6 is 0 Å². The Hall–Kier alpha value is -3.69. The van der Waals surface area contributed by atoms with Crippen molar-refractivity contribution >= 4 is 51.7 Å². The number of hydrogen-bond acceptors (Lipinski definition) is 9. The molecule has 0 unspecified atom stereocenters. The second-order valence-electron chi connectivity index (χ2n) is 9.84. The zero-order chi connectivity index (χ0) is 30.2. The largest absolute Gasteiger partial charge is 0.517 e. The van der Waals surface area contributed by atoms with E-state index in [1.165, 1.54) is 12.3 Å². The number of carbonyl (C=O) groups excluding carboxylic acids is 1. The Morgan fingerprint density at radius 1 is 1.22 bits per heavy atom. The predicted molar refractivity (Wildman–Crippen MR) is 147 cm³/mol. The Bertz CT molecular complexity index is 1550. The van der Waals surface area contributed by atoms with E-state index in [0.717, 1.165) is 13.2 Å². The van der Waals surface area contributed by atoms with Gasteiger partial charge in [0, 0.05) is 22.9 Å². The van der Waals surface area contributed by atoms with Crippen LogP contribution in [-0.4, -0.2) is 56.3 Å². The normalized spacial score (nSPS) is 15.1. The van der Waals surface area contributed by atoms with Crippen molar-refractivity contribution in [2.24, 2.45) is 0 Å². The van der Waals surface area contributed by atoms with Crippen LogP contribution in [0.15, 0.2) is 48.7 Å². The first kappa shape index (κ1) is 30.3. The maximum absolute atomic E-state index is 14.1. The molecule has 10 nitrogen and oxygen atoms in total. The number of esters is 1. The molecule has 1 aliphatic rings. The molecule has 41 heavy (non-hydrogen) atoms. The topological polar surface area (TPSA) is 120 Å². The average Bonchev–Trinajstić information content (AvgIpc) is 3.28. The van der Waals surface area contributed by atoms with Crippen molar-refractivity contribution in [2.45, 2.75) is 45.2 Å². The molecule has 3 aromatic rings. The summed E-state index contributed by atoms with van der Waals surface area (Å²) in [5, 5.41) is 2.96. The van der Waals surface area contributed by atoms with Crippen molar-refractivity contribution in [3.05, 3.63) is 65.4 Å². The number of hydrogen-bond donors (Lipinski definition) is 1. The van der Waals surface area contributed by atoms with E-state index in [4.69, 9.17) is 14.0 Å². The predicted octanol–water partition coefficient (Wildman–Crippen LogP) is 4.39. The smallest absolute Gasteiger partial charge is 0.465 e. The number of rotatable bonds is 8. The number of nitrogens with zero attached hydrogens (tertiary/aromatic N) is 3. The third kappa shape index (κ3) is 6.16. The molecular weight excluding hydrogens is 564 g/mol. The zero-order valence-corrected chi connectivity index (χ0v) is 23.8. The van der Waals surface area contributed by atoms with Gasteiger partial charge < -0.3 is 19.4 Å². The molecule has 15 heteroatoms.